The summed E-state index contributed by atoms with van der Waals surface area (Å²) >= 11 is 6.75. The molecule has 1 atom stereocenters. The lowest BCUT2D eigenvalue weighted by atomic mass is 9.84. The molecule has 0 saturated heterocycles. The summed E-state index contributed by atoms with van der Waals surface area (Å²) in [5.74, 6) is -1.37. The van der Waals surface area contributed by atoms with Crippen molar-refractivity contribution in [2.75, 3.05) is 0 Å². The number of hydrogen-bond acceptors (Lipinski definition) is 2. The summed E-state index contributed by atoms with van der Waals surface area (Å²) in [6.07, 6.45) is 0. The Morgan fingerprint density at radius 1 is 0.786 bits per heavy atom. The fourth-order valence-electron chi connectivity index (χ4n) is 3.13. The quantitative estimate of drug-likeness (QED) is 0.517. The van der Waals surface area contributed by atoms with E-state index in [1.807, 2.05) is 66.7 Å². The molecule has 3 aromatic carbocycles. The number of amides is 2. The monoisotopic (exact) mass is 500 g/mol. The van der Waals surface area contributed by atoms with E-state index in [4.69, 9.17) is 5.73 Å². The van der Waals surface area contributed by atoms with Crippen molar-refractivity contribution in [1.82, 2.24) is 5.32 Å². The number of nitrogens with one attached hydrogen (secondary N) is 1. The molecule has 3 N–H and O–H groups in total. The number of primary amides is 1. The number of hydrogen-bond donors (Lipinski definition) is 2. The van der Waals surface area contributed by atoms with Crippen molar-refractivity contribution in [3.8, 4) is 0 Å². The van der Waals surface area contributed by atoms with Gasteiger partial charge >= 0.3 is 0 Å². The molecule has 0 aliphatic carbocycles. The summed E-state index contributed by atoms with van der Waals surface area (Å²) in [6, 6.07) is 23.4. The molecule has 3 aromatic rings. The molecule has 0 unspecified atom stereocenters. The first-order valence-corrected chi connectivity index (χ1v) is 10.2. The van der Waals surface area contributed by atoms with Crippen LogP contribution >= 0.6 is 31.9 Å². The fraction of sp³-hybridized carbons (Fsp3) is 0.0909. The van der Waals surface area contributed by atoms with Gasteiger partial charge in [0, 0.05) is 20.4 Å². The highest BCUT2D eigenvalue weighted by Crippen LogP contribution is 2.28. The van der Waals surface area contributed by atoms with E-state index in [1.54, 1.807) is 12.1 Å². The second-order valence-corrected chi connectivity index (χ2v) is 8.14. The summed E-state index contributed by atoms with van der Waals surface area (Å²) in [7, 11) is 0. The van der Waals surface area contributed by atoms with Crippen molar-refractivity contribution in [1.29, 1.82) is 0 Å². The largest absolute Gasteiger partial charge is 0.368 e. The normalized spacial score (nSPS) is 11.8. The molecule has 0 fully saturated rings. The first kappa shape index (κ1) is 20.3. The summed E-state index contributed by atoms with van der Waals surface area (Å²) in [4.78, 5) is 25.2. The number of rotatable bonds is 6. The molecule has 3 rings (SSSR count). The van der Waals surface area contributed by atoms with Crippen molar-refractivity contribution in [2.45, 2.75) is 12.0 Å². The maximum Gasteiger partial charge on any atom is 0.252 e. The number of carbonyl (C=O) groups is 2. The topological polar surface area (TPSA) is 72.2 Å². The van der Waals surface area contributed by atoms with Gasteiger partial charge in [0.1, 0.15) is 6.04 Å². The van der Waals surface area contributed by atoms with Gasteiger partial charge in [-0.3, -0.25) is 9.59 Å². The second-order valence-electron chi connectivity index (χ2n) is 6.31. The molecule has 6 heteroatoms. The van der Waals surface area contributed by atoms with E-state index in [0.29, 0.717) is 5.56 Å². The van der Waals surface area contributed by atoms with Crippen LogP contribution in [0.5, 0.6) is 0 Å². The van der Waals surface area contributed by atoms with Crippen molar-refractivity contribution in [3.63, 3.8) is 0 Å². The maximum atomic E-state index is 12.9. The van der Waals surface area contributed by atoms with Gasteiger partial charge in [0.15, 0.2) is 0 Å². The van der Waals surface area contributed by atoms with Gasteiger partial charge in [-0.25, -0.2) is 0 Å². The van der Waals surface area contributed by atoms with E-state index < -0.39 is 17.9 Å². The smallest absolute Gasteiger partial charge is 0.252 e. The predicted octanol–water partition coefficient (Wildman–Crippen LogP) is 4.63. The Hall–Kier alpha value is -2.44. The van der Waals surface area contributed by atoms with Gasteiger partial charge in [-0.05, 0) is 29.3 Å². The van der Waals surface area contributed by atoms with Crippen LogP contribution in [0.3, 0.4) is 0 Å². The fourth-order valence-corrected chi connectivity index (χ4v) is 4.42. The van der Waals surface area contributed by atoms with E-state index in [9.17, 15) is 9.59 Å². The summed E-state index contributed by atoms with van der Waals surface area (Å²) in [5.41, 5.74) is 7.94. The molecule has 0 bridgehead atoms. The molecule has 142 valence electrons. The van der Waals surface area contributed by atoms with Gasteiger partial charge in [-0.1, -0.05) is 92.5 Å². The Morgan fingerprint density at radius 3 is 1.68 bits per heavy atom. The molecule has 0 spiro atoms. The van der Waals surface area contributed by atoms with Gasteiger partial charge in [0.25, 0.3) is 5.91 Å². The van der Waals surface area contributed by atoms with Gasteiger partial charge in [-0.15, -0.1) is 0 Å². The van der Waals surface area contributed by atoms with Crippen LogP contribution in [0.15, 0.2) is 87.8 Å². The Morgan fingerprint density at radius 2 is 1.25 bits per heavy atom. The summed E-state index contributed by atoms with van der Waals surface area (Å²) in [5, 5.41) is 2.83. The first-order chi connectivity index (χ1) is 13.5. The number of nitrogens with two attached hydrogens (primary N) is 1. The number of carbonyl (C=O) groups excluding carboxylic acids is 2. The van der Waals surface area contributed by atoms with Crippen LogP contribution in [0, 0.1) is 0 Å². The minimum atomic E-state index is -0.907. The first-order valence-electron chi connectivity index (χ1n) is 8.62. The Kier molecular flexibility index (Phi) is 6.65. The molecule has 0 radical (unpaired) electrons. The molecule has 0 aliphatic rings. The number of halogens is 2. The van der Waals surface area contributed by atoms with Crippen molar-refractivity contribution in [3.05, 3.63) is 104 Å². The summed E-state index contributed by atoms with van der Waals surface area (Å²) < 4.78 is 1.51. The van der Waals surface area contributed by atoms with Crippen LogP contribution in [0.1, 0.15) is 27.4 Å². The molecule has 4 nitrogen and oxygen atoms in total. The van der Waals surface area contributed by atoms with E-state index in [-0.39, 0.29) is 5.91 Å². The molecule has 28 heavy (non-hydrogen) atoms. The average molecular weight is 502 g/mol. The average Bonchev–Trinajstić information content (AvgIpc) is 2.68. The molecule has 0 aromatic heterocycles. The Bertz CT molecular complexity index is 919. The zero-order chi connectivity index (χ0) is 20.1. The minimum absolute atomic E-state index is 0.373. The lowest BCUT2D eigenvalue weighted by Crippen LogP contribution is -2.48. The van der Waals surface area contributed by atoms with Crippen LogP contribution < -0.4 is 11.1 Å². The zero-order valence-electron chi connectivity index (χ0n) is 14.8. The SMILES string of the molecule is NC(=O)[C@@H](NC(=O)c1cc(Br)cc(Br)c1)C(c1ccccc1)c1ccccc1. The zero-order valence-corrected chi connectivity index (χ0v) is 18.0. The highest BCUT2D eigenvalue weighted by molar-refractivity contribution is 9.11. The maximum absolute atomic E-state index is 12.9. The third-order valence-electron chi connectivity index (χ3n) is 4.37. The number of benzene rings is 3. The van der Waals surface area contributed by atoms with Crippen LogP contribution in [-0.4, -0.2) is 17.9 Å². The van der Waals surface area contributed by atoms with Gasteiger partial charge in [0.05, 0.1) is 0 Å². The minimum Gasteiger partial charge on any atom is -0.368 e. The highest BCUT2D eigenvalue weighted by Gasteiger charge is 2.31. The van der Waals surface area contributed by atoms with Crippen LogP contribution in [0.4, 0.5) is 0 Å². The van der Waals surface area contributed by atoms with Gasteiger partial charge < -0.3 is 11.1 Å². The molecule has 0 heterocycles. The van der Waals surface area contributed by atoms with Crippen molar-refractivity contribution < 1.29 is 9.59 Å². The molecule has 2 amide bonds. The molecule has 0 saturated carbocycles. The van der Waals surface area contributed by atoms with E-state index in [2.05, 4.69) is 37.2 Å². The van der Waals surface area contributed by atoms with Crippen molar-refractivity contribution >= 4 is 43.7 Å². The molecular formula is C22H18Br2N2O2. The third-order valence-corrected chi connectivity index (χ3v) is 5.28. The van der Waals surface area contributed by atoms with Crippen LogP contribution in [-0.2, 0) is 4.79 Å². The van der Waals surface area contributed by atoms with Gasteiger partial charge in [0.2, 0.25) is 5.91 Å². The molecule has 0 aliphatic heterocycles. The lowest BCUT2D eigenvalue weighted by Gasteiger charge is -2.27. The highest BCUT2D eigenvalue weighted by atomic mass is 79.9. The predicted molar refractivity (Wildman–Crippen MR) is 117 cm³/mol. The van der Waals surface area contributed by atoms with Gasteiger partial charge in [-0.2, -0.15) is 0 Å². The third kappa shape index (κ3) is 4.88. The van der Waals surface area contributed by atoms with Crippen LogP contribution in [0.25, 0.3) is 0 Å². The Balaban J connectivity index is 2.00. The second kappa shape index (κ2) is 9.17. The van der Waals surface area contributed by atoms with E-state index >= 15 is 0 Å². The standard InChI is InChI=1S/C22H18Br2N2O2/c23-17-11-16(12-18(24)13-17)22(28)26-20(21(25)27)19(14-7-3-1-4-8-14)15-9-5-2-6-10-15/h1-13,19-20H,(H2,25,27)(H,26,28)/t20-/m0/s1. The van der Waals surface area contributed by atoms with E-state index in [1.165, 1.54) is 0 Å². The summed E-state index contributed by atoms with van der Waals surface area (Å²) in [6.45, 7) is 0. The van der Waals surface area contributed by atoms with E-state index in [0.717, 1.165) is 20.1 Å². The Labute approximate surface area is 180 Å². The van der Waals surface area contributed by atoms with Crippen molar-refractivity contribution in [2.24, 2.45) is 5.73 Å². The van der Waals surface area contributed by atoms with Crippen LogP contribution in [0.2, 0.25) is 0 Å². The molecular weight excluding hydrogens is 484 g/mol. The lowest BCUT2D eigenvalue weighted by molar-refractivity contribution is -0.120.